The van der Waals surface area contributed by atoms with Crippen molar-refractivity contribution < 1.29 is 8.42 Å². The standard InChI is InChI=1S/C14H10ClN3O4S/c15-8-4-5-11-12(6-8)18(14(20)17-13(11)19)23(21,22)10-3-1-2-9(16)7-10/h1-7H,16H2,(H,17,19,20). The van der Waals surface area contributed by atoms with Gasteiger partial charge in [0, 0.05) is 10.7 Å². The largest absolute Gasteiger partial charge is 0.399 e. The molecule has 0 bridgehead atoms. The zero-order valence-corrected chi connectivity index (χ0v) is 13.1. The van der Waals surface area contributed by atoms with E-state index in [-0.39, 0.29) is 26.5 Å². The summed E-state index contributed by atoms with van der Waals surface area (Å²) in [5.41, 5.74) is 3.96. The number of benzene rings is 2. The van der Waals surface area contributed by atoms with E-state index in [1.54, 1.807) is 0 Å². The Balaban J connectivity index is 2.47. The normalized spacial score (nSPS) is 11.7. The van der Waals surface area contributed by atoms with E-state index >= 15 is 0 Å². The van der Waals surface area contributed by atoms with Crippen LogP contribution in [0.1, 0.15) is 0 Å². The lowest BCUT2D eigenvalue weighted by Gasteiger charge is -2.11. The van der Waals surface area contributed by atoms with Gasteiger partial charge >= 0.3 is 5.69 Å². The molecular weight excluding hydrogens is 342 g/mol. The highest BCUT2D eigenvalue weighted by atomic mass is 35.5. The van der Waals surface area contributed by atoms with E-state index in [4.69, 9.17) is 17.3 Å². The second-order valence-electron chi connectivity index (χ2n) is 4.76. The lowest BCUT2D eigenvalue weighted by atomic mass is 10.2. The van der Waals surface area contributed by atoms with Gasteiger partial charge in [-0.1, -0.05) is 17.7 Å². The van der Waals surface area contributed by atoms with Gasteiger partial charge in [-0.15, -0.1) is 0 Å². The number of rotatable bonds is 2. The Morgan fingerprint density at radius 3 is 2.52 bits per heavy atom. The first kappa shape index (κ1) is 15.3. The highest BCUT2D eigenvalue weighted by molar-refractivity contribution is 7.90. The first-order chi connectivity index (χ1) is 10.8. The van der Waals surface area contributed by atoms with Crippen LogP contribution in [0.2, 0.25) is 5.02 Å². The molecule has 0 spiro atoms. The van der Waals surface area contributed by atoms with Crippen molar-refractivity contribution in [3.05, 3.63) is 68.3 Å². The molecule has 0 atom stereocenters. The fourth-order valence-electron chi connectivity index (χ4n) is 2.21. The van der Waals surface area contributed by atoms with Crippen molar-refractivity contribution in [3.63, 3.8) is 0 Å². The Labute approximate surface area is 135 Å². The van der Waals surface area contributed by atoms with E-state index in [0.717, 1.165) is 0 Å². The molecular formula is C14H10ClN3O4S. The van der Waals surface area contributed by atoms with Crippen LogP contribution in [0.3, 0.4) is 0 Å². The molecule has 0 aliphatic carbocycles. The summed E-state index contributed by atoms with van der Waals surface area (Å²) in [5.74, 6) is 0. The number of hydrogen-bond acceptors (Lipinski definition) is 5. The van der Waals surface area contributed by atoms with Crippen molar-refractivity contribution in [1.82, 2.24) is 8.96 Å². The number of hydrogen-bond donors (Lipinski definition) is 2. The van der Waals surface area contributed by atoms with Crippen LogP contribution in [0.25, 0.3) is 10.9 Å². The van der Waals surface area contributed by atoms with E-state index in [2.05, 4.69) is 0 Å². The highest BCUT2D eigenvalue weighted by Crippen LogP contribution is 2.21. The summed E-state index contributed by atoms with van der Waals surface area (Å²) in [6.07, 6.45) is 0. The molecule has 0 unspecified atom stereocenters. The fraction of sp³-hybridized carbons (Fsp3) is 0. The second-order valence-corrected chi connectivity index (χ2v) is 6.99. The molecule has 0 amide bonds. The first-order valence-corrected chi connectivity index (χ1v) is 8.18. The van der Waals surface area contributed by atoms with Crippen LogP contribution in [0, 0.1) is 0 Å². The molecule has 118 valence electrons. The van der Waals surface area contributed by atoms with Crippen molar-refractivity contribution in [2.45, 2.75) is 4.90 Å². The van der Waals surface area contributed by atoms with E-state index in [1.165, 1.54) is 42.5 Å². The molecule has 3 rings (SSSR count). The van der Waals surface area contributed by atoms with Gasteiger partial charge in [-0.05, 0) is 36.4 Å². The summed E-state index contributed by atoms with van der Waals surface area (Å²) >= 11 is 5.87. The summed E-state index contributed by atoms with van der Waals surface area (Å²) in [4.78, 5) is 25.8. The molecule has 0 radical (unpaired) electrons. The summed E-state index contributed by atoms with van der Waals surface area (Å²) in [6.45, 7) is 0. The Morgan fingerprint density at radius 1 is 1.09 bits per heavy atom. The Morgan fingerprint density at radius 2 is 1.83 bits per heavy atom. The maximum absolute atomic E-state index is 12.8. The SMILES string of the molecule is Nc1cccc(S(=O)(=O)n2c(=O)[nH]c(=O)c3ccc(Cl)cc32)c1. The number of nitrogens with zero attached hydrogens (tertiary/aromatic N) is 1. The molecule has 3 N–H and O–H groups in total. The third kappa shape index (κ3) is 2.51. The molecule has 1 heterocycles. The average molecular weight is 352 g/mol. The number of nitrogen functional groups attached to an aromatic ring is 1. The highest BCUT2D eigenvalue weighted by Gasteiger charge is 2.22. The van der Waals surface area contributed by atoms with Crippen LogP contribution in [-0.4, -0.2) is 17.4 Å². The minimum atomic E-state index is -4.26. The molecule has 0 fully saturated rings. The quantitative estimate of drug-likeness (QED) is 0.672. The van der Waals surface area contributed by atoms with Gasteiger partial charge in [0.05, 0.1) is 15.8 Å². The van der Waals surface area contributed by atoms with Crippen LogP contribution in [0.5, 0.6) is 0 Å². The van der Waals surface area contributed by atoms with Crippen LogP contribution < -0.4 is 17.0 Å². The number of fused-ring (bicyclic) bond motifs is 1. The number of halogens is 1. The van der Waals surface area contributed by atoms with E-state index in [0.29, 0.717) is 3.97 Å². The van der Waals surface area contributed by atoms with Crippen molar-refractivity contribution in [2.24, 2.45) is 0 Å². The van der Waals surface area contributed by atoms with Gasteiger partial charge in [0.15, 0.2) is 0 Å². The summed E-state index contributed by atoms with van der Waals surface area (Å²) in [6, 6.07) is 9.53. The predicted molar refractivity (Wildman–Crippen MR) is 87.3 cm³/mol. The van der Waals surface area contributed by atoms with Crippen molar-refractivity contribution in [3.8, 4) is 0 Å². The van der Waals surface area contributed by atoms with Crippen LogP contribution in [-0.2, 0) is 10.0 Å². The zero-order valence-electron chi connectivity index (χ0n) is 11.5. The molecule has 0 saturated heterocycles. The van der Waals surface area contributed by atoms with E-state index < -0.39 is 21.3 Å². The average Bonchev–Trinajstić information content (AvgIpc) is 2.46. The molecule has 7 nitrogen and oxygen atoms in total. The smallest absolute Gasteiger partial charge is 0.343 e. The van der Waals surface area contributed by atoms with Crippen molar-refractivity contribution in [2.75, 3.05) is 5.73 Å². The van der Waals surface area contributed by atoms with Crippen molar-refractivity contribution >= 4 is 38.2 Å². The lowest BCUT2D eigenvalue weighted by molar-refractivity contribution is 0.586. The number of nitrogens with one attached hydrogen (secondary N) is 1. The minimum absolute atomic E-state index is 0.0291. The summed E-state index contributed by atoms with van der Waals surface area (Å²) in [7, 11) is -4.26. The van der Waals surface area contributed by atoms with Crippen LogP contribution in [0.15, 0.2) is 56.9 Å². The Bertz CT molecular complexity index is 1150. The van der Waals surface area contributed by atoms with Gasteiger partial charge in [-0.25, -0.2) is 13.2 Å². The van der Waals surface area contributed by atoms with Gasteiger partial charge in [0.25, 0.3) is 15.6 Å². The molecule has 9 heteroatoms. The number of nitrogens with two attached hydrogens (primary N) is 1. The topological polar surface area (TPSA) is 115 Å². The molecule has 2 aromatic carbocycles. The number of anilines is 1. The predicted octanol–water partition coefficient (Wildman–Crippen LogP) is 1.16. The summed E-state index contributed by atoms with van der Waals surface area (Å²) < 4.78 is 26.1. The maximum Gasteiger partial charge on any atom is 0.343 e. The van der Waals surface area contributed by atoms with Crippen LogP contribution in [0.4, 0.5) is 5.69 Å². The lowest BCUT2D eigenvalue weighted by Crippen LogP contribution is -2.34. The monoisotopic (exact) mass is 351 g/mol. The van der Waals surface area contributed by atoms with E-state index in [1.807, 2.05) is 4.98 Å². The number of H-pyrrole nitrogens is 1. The minimum Gasteiger partial charge on any atom is -0.399 e. The van der Waals surface area contributed by atoms with Gasteiger partial charge in [0.2, 0.25) is 0 Å². The molecule has 3 aromatic rings. The van der Waals surface area contributed by atoms with Gasteiger partial charge < -0.3 is 5.73 Å². The molecule has 0 aliphatic rings. The van der Waals surface area contributed by atoms with Gasteiger partial charge in [-0.3, -0.25) is 9.78 Å². The third-order valence-electron chi connectivity index (χ3n) is 3.22. The number of aromatic amines is 1. The second kappa shape index (κ2) is 5.25. The zero-order chi connectivity index (χ0) is 16.8. The summed E-state index contributed by atoms with van der Waals surface area (Å²) in [5, 5.41) is 0.223. The third-order valence-corrected chi connectivity index (χ3v) is 5.15. The van der Waals surface area contributed by atoms with E-state index in [9.17, 15) is 18.0 Å². The maximum atomic E-state index is 12.8. The Hall–Kier alpha value is -2.58. The first-order valence-electron chi connectivity index (χ1n) is 6.36. The fourth-order valence-corrected chi connectivity index (χ4v) is 3.80. The molecule has 23 heavy (non-hydrogen) atoms. The molecule has 0 aliphatic heterocycles. The van der Waals surface area contributed by atoms with Crippen LogP contribution >= 0.6 is 11.6 Å². The molecule has 1 aromatic heterocycles. The molecule has 0 saturated carbocycles. The van der Waals surface area contributed by atoms with Gasteiger partial charge in [-0.2, -0.15) is 3.97 Å². The van der Waals surface area contributed by atoms with Gasteiger partial charge in [0.1, 0.15) is 0 Å². The Kier molecular flexibility index (Phi) is 3.50. The number of aromatic nitrogens is 2. The van der Waals surface area contributed by atoms with Crippen molar-refractivity contribution in [1.29, 1.82) is 0 Å².